The van der Waals surface area contributed by atoms with Crippen LogP contribution < -0.4 is 5.32 Å². The Balaban J connectivity index is 4.10. The Bertz CT molecular complexity index is 262. The van der Waals surface area contributed by atoms with Gasteiger partial charge >= 0.3 is 0 Å². The van der Waals surface area contributed by atoms with Crippen LogP contribution in [0.15, 0.2) is 0 Å². The third-order valence-corrected chi connectivity index (χ3v) is 1.73. The van der Waals surface area contributed by atoms with Gasteiger partial charge in [0.15, 0.2) is 0 Å². The molecule has 1 amide bonds. The lowest BCUT2D eigenvalue weighted by molar-refractivity contribution is -0.119. The molecule has 0 fully saturated rings. The fraction of sp³-hybridized carbons (Fsp3) is 0.857. The summed E-state index contributed by atoms with van der Waals surface area (Å²) in [5, 5.41) is 2.64. The highest BCUT2D eigenvalue weighted by molar-refractivity contribution is 7.92. The van der Waals surface area contributed by atoms with Crippen molar-refractivity contribution in [3.8, 4) is 0 Å². The number of rotatable bonds is 2. The van der Waals surface area contributed by atoms with Crippen LogP contribution in [-0.2, 0) is 14.5 Å². The topological polar surface area (TPSA) is 70.0 Å². The summed E-state index contributed by atoms with van der Waals surface area (Å²) in [5.41, 5.74) is -0.318. The minimum atomic E-state index is -2.71. The van der Waals surface area contributed by atoms with Crippen molar-refractivity contribution in [2.75, 3.05) is 12.0 Å². The number of carbonyl (C=O) groups excluding carboxylic acids is 1. The van der Waals surface area contributed by atoms with Crippen molar-refractivity contribution in [1.82, 2.24) is 5.32 Å². The zero-order valence-corrected chi connectivity index (χ0v) is 8.75. The zero-order chi connectivity index (χ0) is 9.99. The van der Waals surface area contributed by atoms with Gasteiger partial charge in [0, 0.05) is 11.8 Å². The summed E-state index contributed by atoms with van der Waals surface area (Å²) in [6.45, 7) is 5.52. The van der Waals surface area contributed by atoms with E-state index in [2.05, 4.69) is 5.32 Å². The molecular weight excluding hydrogens is 176 g/mol. The first-order valence-electron chi connectivity index (χ1n) is 3.63. The van der Waals surface area contributed by atoms with E-state index in [-0.39, 0.29) is 17.2 Å². The lowest BCUT2D eigenvalue weighted by Crippen LogP contribution is -2.43. The molecule has 0 aliphatic carbocycles. The largest absolute Gasteiger partial charge is 0.351 e. The molecule has 4 nitrogen and oxygen atoms in total. The molecule has 0 aliphatic heterocycles. The van der Waals surface area contributed by atoms with E-state index in [4.69, 9.17) is 4.78 Å². The summed E-state index contributed by atoms with van der Waals surface area (Å²) in [6.07, 6.45) is 1.26. The van der Waals surface area contributed by atoms with Gasteiger partial charge in [-0.05, 0) is 20.8 Å². The third kappa shape index (κ3) is 7.53. The first-order valence-corrected chi connectivity index (χ1v) is 5.76. The van der Waals surface area contributed by atoms with Crippen molar-refractivity contribution in [2.24, 2.45) is 0 Å². The standard InChI is InChI=1S/C7H16N2O2S/c1-7(2,3)9-6(10)5-12(4,8)11/h8H,5H2,1-4H3,(H,9,10). The maximum atomic E-state index is 11.1. The van der Waals surface area contributed by atoms with Gasteiger partial charge in [-0.15, -0.1) is 0 Å². The smallest absolute Gasteiger partial charge is 0.233 e. The van der Waals surface area contributed by atoms with E-state index >= 15 is 0 Å². The van der Waals surface area contributed by atoms with Crippen molar-refractivity contribution in [3.63, 3.8) is 0 Å². The number of hydrogen-bond donors (Lipinski definition) is 2. The molecule has 0 aromatic rings. The Hall–Kier alpha value is -0.580. The summed E-state index contributed by atoms with van der Waals surface area (Å²) in [7, 11) is -2.71. The van der Waals surface area contributed by atoms with Crippen LogP contribution in [0.2, 0.25) is 0 Å². The molecule has 0 heterocycles. The van der Waals surface area contributed by atoms with Gasteiger partial charge in [-0.25, -0.2) is 4.21 Å². The van der Waals surface area contributed by atoms with Crippen LogP contribution >= 0.6 is 0 Å². The fourth-order valence-electron chi connectivity index (χ4n) is 0.705. The molecule has 1 atom stereocenters. The SMILES string of the molecule is CC(C)(C)NC(=O)CS(C)(=N)=O. The van der Waals surface area contributed by atoms with Crippen molar-refractivity contribution < 1.29 is 9.00 Å². The Morgan fingerprint density at radius 3 is 2.17 bits per heavy atom. The molecule has 0 aromatic carbocycles. The maximum absolute atomic E-state index is 11.1. The Morgan fingerprint density at radius 1 is 1.50 bits per heavy atom. The molecule has 12 heavy (non-hydrogen) atoms. The average Bonchev–Trinajstić information content (AvgIpc) is 1.49. The second kappa shape index (κ2) is 3.43. The molecule has 0 bridgehead atoms. The molecule has 0 aliphatic rings. The first kappa shape index (κ1) is 11.4. The number of carbonyl (C=O) groups is 1. The average molecular weight is 192 g/mol. The fourth-order valence-corrected chi connectivity index (χ4v) is 1.28. The number of nitrogens with one attached hydrogen (secondary N) is 2. The van der Waals surface area contributed by atoms with Gasteiger partial charge in [-0.2, -0.15) is 0 Å². The first-order chi connectivity index (χ1) is 5.10. The van der Waals surface area contributed by atoms with Crippen molar-refractivity contribution in [1.29, 1.82) is 4.78 Å². The van der Waals surface area contributed by atoms with Gasteiger partial charge in [0.05, 0.1) is 9.73 Å². The van der Waals surface area contributed by atoms with Crippen LogP contribution in [0.3, 0.4) is 0 Å². The molecule has 5 heteroatoms. The third-order valence-electron chi connectivity index (χ3n) is 0.921. The zero-order valence-electron chi connectivity index (χ0n) is 7.93. The predicted molar refractivity (Wildman–Crippen MR) is 49.5 cm³/mol. The van der Waals surface area contributed by atoms with Crippen LogP contribution in [0.1, 0.15) is 20.8 Å². The van der Waals surface area contributed by atoms with Gasteiger partial charge in [0.2, 0.25) is 5.91 Å². The summed E-state index contributed by atoms with van der Waals surface area (Å²) >= 11 is 0. The van der Waals surface area contributed by atoms with Crippen LogP contribution in [0, 0.1) is 4.78 Å². The van der Waals surface area contributed by atoms with E-state index in [1.807, 2.05) is 20.8 Å². The Labute approximate surface area is 73.7 Å². The summed E-state index contributed by atoms with van der Waals surface area (Å²) in [6, 6.07) is 0. The molecule has 0 rings (SSSR count). The molecule has 0 saturated heterocycles. The quantitative estimate of drug-likeness (QED) is 0.671. The Morgan fingerprint density at radius 2 is 1.92 bits per heavy atom. The van der Waals surface area contributed by atoms with Crippen molar-refractivity contribution >= 4 is 15.6 Å². The van der Waals surface area contributed by atoms with E-state index < -0.39 is 9.73 Å². The van der Waals surface area contributed by atoms with E-state index in [1.54, 1.807) is 0 Å². The molecule has 0 radical (unpaired) electrons. The van der Waals surface area contributed by atoms with Gasteiger partial charge < -0.3 is 5.32 Å². The minimum absolute atomic E-state index is 0.218. The van der Waals surface area contributed by atoms with E-state index in [0.717, 1.165) is 0 Å². The maximum Gasteiger partial charge on any atom is 0.233 e. The lowest BCUT2D eigenvalue weighted by Gasteiger charge is -2.20. The monoisotopic (exact) mass is 192 g/mol. The number of hydrogen-bond acceptors (Lipinski definition) is 3. The normalized spacial score (nSPS) is 16.7. The Kier molecular flexibility index (Phi) is 3.26. The van der Waals surface area contributed by atoms with Crippen LogP contribution in [0.5, 0.6) is 0 Å². The van der Waals surface area contributed by atoms with Gasteiger partial charge in [0.25, 0.3) is 0 Å². The van der Waals surface area contributed by atoms with Crippen LogP contribution in [-0.4, -0.2) is 27.7 Å². The second-order valence-corrected chi connectivity index (χ2v) is 6.25. The van der Waals surface area contributed by atoms with Crippen molar-refractivity contribution in [2.45, 2.75) is 26.3 Å². The van der Waals surface area contributed by atoms with E-state index in [0.29, 0.717) is 0 Å². The van der Waals surface area contributed by atoms with Gasteiger partial charge in [0.1, 0.15) is 5.75 Å². The molecule has 2 N–H and O–H groups in total. The van der Waals surface area contributed by atoms with Crippen molar-refractivity contribution in [3.05, 3.63) is 0 Å². The highest BCUT2D eigenvalue weighted by Crippen LogP contribution is 1.98. The van der Waals surface area contributed by atoms with Gasteiger partial charge in [-0.3, -0.25) is 9.57 Å². The lowest BCUT2D eigenvalue weighted by atomic mass is 10.1. The van der Waals surface area contributed by atoms with E-state index in [9.17, 15) is 9.00 Å². The minimum Gasteiger partial charge on any atom is -0.351 e. The molecule has 0 spiro atoms. The van der Waals surface area contributed by atoms with Crippen LogP contribution in [0.4, 0.5) is 0 Å². The summed E-state index contributed by atoms with van der Waals surface area (Å²) in [5.74, 6) is -0.547. The highest BCUT2D eigenvalue weighted by Gasteiger charge is 2.15. The molecular formula is C7H16N2O2S. The summed E-state index contributed by atoms with van der Waals surface area (Å²) < 4.78 is 17.9. The second-order valence-electron chi connectivity index (χ2n) is 3.95. The number of amides is 1. The predicted octanol–water partition coefficient (Wildman–Crippen LogP) is 0.578. The molecule has 0 saturated carbocycles. The van der Waals surface area contributed by atoms with Crippen LogP contribution in [0.25, 0.3) is 0 Å². The molecule has 1 unspecified atom stereocenters. The molecule has 72 valence electrons. The highest BCUT2D eigenvalue weighted by atomic mass is 32.2. The summed E-state index contributed by atoms with van der Waals surface area (Å²) in [4.78, 5) is 11.1. The van der Waals surface area contributed by atoms with E-state index in [1.165, 1.54) is 6.26 Å². The molecule has 0 aromatic heterocycles. The van der Waals surface area contributed by atoms with Gasteiger partial charge in [-0.1, -0.05) is 0 Å².